The fourth-order valence-electron chi connectivity index (χ4n) is 2.26. The second kappa shape index (κ2) is 5.33. The zero-order chi connectivity index (χ0) is 12.3. The highest BCUT2D eigenvalue weighted by molar-refractivity contribution is 5.78. The summed E-state index contributed by atoms with van der Waals surface area (Å²) in [4.78, 5) is 13.8. The van der Waals surface area contributed by atoms with E-state index in [4.69, 9.17) is 4.74 Å². The van der Waals surface area contributed by atoms with Gasteiger partial charge in [-0.25, -0.2) is 0 Å². The monoisotopic (exact) mass is 242 g/mol. The van der Waals surface area contributed by atoms with Crippen LogP contribution in [-0.4, -0.2) is 60.4 Å². The van der Waals surface area contributed by atoms with Crippen molar-refractivity contribution >= 4 is 5.91 Å². The molecule has 1 aliphatic carbocycles. The Labute approximate surface area is 102 Å². The summed E-state index contributed by atoms with van der Waals surface area (Å²) in [6, 6.07) is 0.465. The van der Waals surface area contributed by atoms with Crippen LogP contribution in [0.4, 0.5) is 0 Å². The molecule has 0 radical (unpaired) electrons. The number of ether oxygens (including phenoxy) is 1. The summed E-state index contributed by atoms with van der Waals surface area (Å²) >= 11 is 0. The summed E-state index contributed by atoms with van der Waals surface area (Å²) < 4.78 is 5.15. The Hall–Kier alpha value is -0.650. The Morgan fingerprint density at radius 2 is 2.35 bits per heavy atom. The molecule has 1 saturated heterocycles. The largest absolute Gasteiger partial charge is 0.386 e. The number of carbonyl (C=O) groups is 1. The van der Waals surface area contributed by atoms with E-state index < -0.39 is 5.60 Å². The van der Waals surface area contributed by atoms with Crippen LogP contribution in [0.3, 0.4) is 0 Å². The van der Waals surface area contributed by atoms with Crippen LogP contribution in [0.2, 0.25) is 0 Å². The first kappa shape index (κ1) is 12.8. The standard InChI is InChI=1S/C12H22N2O3/c1-2-14(10-3-4-10)11(15)7-13-8-12(16)5-6-17-9-12/h10,13,16H,2-9H2,1H3. The van der Waals surface area contributed by atoms with E-state index in [1.54, 1.807) is 0 Å². The first-order chi connectivity index (χ1) is 8.14. The van der Waals surface area contributed by atoms with Gasteiger partial charge in [0, 0.05) is 32.2 Å². The van der Waals surface area contributed by atoms with E-state index >= 15 is 0 Å². The topological polar surface area (TPSA) is 61.8 Å². The Morgan fingerprint density at radius 3 is 2.88 bits per heavy atom. The van der Waals surface area contributed by atoms with E-state index in [-0.39, 0.29) is 5.91 Å². The molecule has 0 aromatic heterocycles. The quantitative estimate of drug-likeness (QED) is 0.673. The summed E-state index contributed by atoms with van der Waals surface area (Å²) in [5, 5.41) is 13.1. The lowest BCUT2D eigenvalue weighted by atomic mass is 10.0. The van der Waals surface area contributed by atoms with Crippen LogP contribution in [0.15, 0.2) is 0 Å². The van der Waals surface area contributed by atoms with Crippen molar-refractivity contribution < 1.29 is 14.6 Å². The molecule has 1 heterocycles. The van der Waals surface area contributed by atoms with Gasteiger partial charge in [-0.05, 0) is 19.8 Å². The van der Waals surface area contributed by atoms with E-state index in [2.05, 4.69) is 5.32 Å². The summed E-state index contributed by atoms with van der Waals surface area (Å²) in [5.41, 5.74) is -0.781. The summed E-state index contributed by atoms with van der Waals surface area (Å²) in [6.45, 7) is 4.50. The predicted molar refractivity (Wildman–Crippen MR) is 63.7 cm³/mol. The first-order valence-electron chi connectivity index (χ1n) is 6.45. The van der Waals surface area contributed by atoms with Crippen molar-refractivity contribution in [2.45, 2.75) is 37.8 Å². The molecule has 1 saturated carbocycles. The van der Waals surface area contributed by atoms with Gasteiger partial charge in [0.1, 0.15) is 5.60 Å². The molecule has 5 nitrogen and oxygen atoms in total. The molecule has 2 rings (SSSR count). The molecule has 0 spiro atoms. The molecule has 1 amide bonds. The molecule has 2 N–H and O–H groups in total. The van der Waals surface area contributed by atoms with Gasteiger partial charge in [-0.2, -0.15) is 0 Å². The van der Waals surface area contributed by atoms with Crippen molar-refractivity contribution in [3.63, 3.8) is 0 Å². The van der Waals surface area contributed by atoms with Crippen LogP contribution >= 0.6 is 0 Å². The predicted octanol–water partition coefficient (Wildman–Crippen LogP) is -0.262. The van der Waals surface area contributed by atoms with Gasteiger partial charge in [-0.1, -0.05) is 0 Å². The number of hydrogen-bond acceptors (Lipinski definition) is 4. The third-order valence-electron chi connectivity index (χ3n) is 3.46. The molecule has 5 heteroatoms. The molecule has 1 unspecified atom stereocenters. The Balaban J connectivity index is 1.68. The zero-order valence-electron chi connectivity index (χ0n) is 10.4. The van der Waals surface area contributed by atoms with Crippen LogP contribution in [-0.2, 0) is 9.53 Å². The van der Waals surface area contributed by atoms with E-state index in [0.29, 0.717) is 38.8 Å². The Bertz CT molecular complexity index is 273. The van der Waals surface area contributed by atoms with Gasteiger partial charge in [0.15, 0.2) is 0 Å². The highest BCUT2D eigenvalue weighted by atomic mass is 16.5. The number of carbonyl (C=O) groups excluding carboxylic acids is 1. The van der Waals surface area contributed by atoms with Crippen molar-refractivity contribution in [2.24, 2.45) is 0 Å². The summed E-state index contributed by atoms with van der Waals surface area (Å²) in [5.74, 6) is 0.137. The molecule has 1 atom stereocenters. The van der Waals surface area contributed by atoms with Crippen molar-refractivity contribution in [2.75, 3.05) is 32.8 Å². The van der Waals surface area contributed by atoms with Crippen molar-refractivity contribution in [1.82, 2.24) is 10.2 Å². The van der Waals surface area contributed by atoms with Gasteiger partial charge >= 0.3 is 0 Å². The smallest absolute Gasteiger partial charge is 0.236 e. The second-order valence-electron chi connectivity index (χ2n) is 5.04. The number of aliphatic hydroxyl groups is 1. The Kier molecular flexibility index (Phi) is 4.01. The third-order valence-corrected chi connectivity index (χ3v) is 3.46. The fourth-order valence-corrected chi connectivity index (χ4v) is 2.26. The van der Waals surface area contributed by atoms with Gasteiger partial charge in [-0.15, -0.1) is 0 Å². The highest BCUT2D eigenvalue weighted by Crippen LogP contribution is 2.26. The molecule has 0 aromatic rings. The minimum absolute atomic E-state index is 0.137. The van der Waals surface area contributed by atoms with Crippen LogP contribution in [0, 0.1) is 0 Å². The lowest BCUT2D eigenvalue weighted by Gasteiger charge is -2.23. The average molecular weight is 242 g/mol. The molecule has 98 valence electrons. The summed E-state index contributed by atoms with van der Waals surface area (Å²) in [6.07, 6.45) is 2.92. The van der Waals surface area contributed by atoms with Crippen LogP contribution in [0.1, 0.15) is 26.2 Å². The Morgan fingerprint density at radius 1 is 1.59 bits per heavy atom. The van der Waals surface area contributed by atoms with Gasteiger partial charge in [0.05, 0.1) is 13.2 Å². The zero-order valence-corrected chi connectivity index (χ0v) is 10.4. The van der Waals surface area contributed by atoms with Crippen molar-refractivity contribution in [3.8, 4) is 0 Å². The van der Waals surface area contributed by atoms with E-state index in [9.17, 15) is 9.90 Å². The van der Waals surface area contributed by atoms with E-state index in [1.807, 2.05) is 11.8 Å². The molecule has 2 aliphatic rings. The van der Waals surface area contributed by atoms with E-state index in [1.165, 1.54) is 0 Å². The lowest BCUT2D eigenvalue weighted by molar-refractivity contribution is -0.130. The first-order valence-corrected chi connectivity index (χ1v) is 6.45. The third kappa shape index (κ3) is 3.40. The maximum Gasteiger partial charge on any atom is 0.236 e. The molecular weight excluding hydrogens is 220 g/mol. The van der Waals surface area contributed by atoms with Crippen molar-refractivity contribution in [3.05, 3.63) is 0 Å². The lowest BCUT2D eigenvalue weighted by Crippen LogP contribution is -2.46. The van der Waals surface area contributed by atoms with Crippen LogP contribution < -0.4 is 5.32 Å². The second-order valence-corrected chi connectivity index (χ2v) is 5.04. The minimum atomic E-state index is -0.781. The van der Waals surface area contributed by atoms with Gasteiger partial charge in [0.25, 0.3) is 0 Å². The van der Waals surface area contributed by atoms with Gasteiger partial charge < -0.3 is 20.1 Å². The SMILES string of the molecule is CCN(C(=O)CNCC1(O)CCOC1)C1CC1. The fraction of sp³-hybridized carbons (Fsp3) is 0.917. The summed E-state index contributed by atoms with van der Waals surface area (Å²) in [7, 11) is 0. The minimum Gasteiger partial charge on any atom is -0.386 e. The number of rotatable bonds is 6. The molecular formula is C12H22N2O3. The molecule has 0 bridgehead atoms. The molecule has 1 aliphatic heterocycles. The number of hydrogen-bond donors (Lipinski definition) is 2. The van der Waals surface area contributed by atoms with Gasteiger partial charge in [0.2, 0.25) is 5.91 Å². The maximum absolute atomic E-state index is 11.9. The molecule has 0 aromatic carbocycles. The van der Waals surface area contributed by atoms with Crippen LogP contribution in [0.5, 0.6) is 0 Å². The number of likely N-dealkylation sites (N-methyl/N-ethyl adjacent to an activating group) is 1. The number of nitrogens with one attached hydrogen (secondary N) is 1. The van der Waals surface area contributed by atoms with E-state index in [0.717, 1.165) is 19.4 Å². The number of nitrogens with zero attached hydrogens (tertiary/aromatic N) is 1. The highest BCUT2D eigenvalue weighted by Gasteiger charge is 2.33. The normalized spacial score (nSPS) is 28.4. The maximum atomic E-state index is 11.9. The van der Waals surface area contributed by atoms with Crippen LogP contribution in [0.25, 0.3) is 0 Å². The molecule has 2 fully saturated rings. The van der Waals surface area contributed by atoms with Crippen molar-refractivity contribution in [1.29, 1.82) is 0 Å². The van der Waals surface area contributed by atoms with Gasteiger partial charge in [-0.3, -0.25) is 4.79 Å². The average Bonchev–Trinajstić information content (AvgIpc) is 3.03. The number of amides is 1. The molecule has 17 heavy (non-hydrogen) atoms.